The first-order valence-electron chi connectivity index (χ1n) is 4.64. The SMILES string of the molecule is C1CC1=C1CC2CCC1C2. The third-order valence-electron chi connectivity index (χ3n) is 3.50. The minimum Gasteiger partial charge on any atom is -0.0701 e. The zero-order valence-corrected chi connectivity index (χ0v) is 6.40. The molecule has 0 heteroatoms. The smallest absolute Gasteiger partial charge is 0.0198 e. The van der Waals surface area contributed by atoms with E-state index >= 15 is 0 Å². The average molecular weight is 134 g/mol. The Labute approximate surface area is 62.3 Å². The quantitative estimate of drug-likeness (QED) is 0.447. The third-order valence-corrected chi connectivity index (χ3v) is 3.50. The summed E-state index contributed by atoms with van der Waals surface area (Å²) in [5, 5.41) is 0. The second-order valence-electron chi connectivity index (χ2n) is 4.21. The topological polar surface area (TPSA) is 0 Å². The van der Waals surface area contributed by atoms with Crippen molar-refractivity contribution in [2.45, 2.75) is 38.5 Å². The Morgan fingerprint density at radius 2 is 2.00 bits per heavy atom. The van der Waals surface area contributed by atoms with E-state index in [1.54, 1.807) is 12.8 Å². The van der Waals surface area contributed by atoms with Gasteiger partial charge in [-0.15, -0.1) is 0 Å². The Hall–Kier alpha value is -0.260. The van der Waals surface area contributed by atoms with E-state index in [2.05, 4.69) is 0 Å². The molecular weight excluding hydrogens is 120 g/mol. The Kier molecular flexibility index (Phi) is 0.898. The molecule has 3 saturated carbocycles. The van der Waals surface area contributed by atoms with Gasteiger partial charge in [-0.25, -0.2) is 0 Å². The van der Waals surface area contributed by atoms with E-state index in [1.165, 1.54) is 25.7 Å². The van der Waals surface area contributed by atoms with Gasteiger partial charge in [0, 0.05) is 0 Å². The van der Waals surface area contributed by atoms with Crippen molar-refractivity contribution in [3.63, 3.8) is 0 Å². The molecule has 0 aromatic carbocycles. The predicted molar refractivity (Wildman–Crippen MR) is 41.7 cm³/mol. The Bertz CT molecular complexity index is 194. The molecule has 0 spiro atoms. The molecule has 0 aliphatic heterocycles. The van der Waals surface area contributed by atoms with Crippen molar-refractivity contribution >= 4 is 0 Å². The van der Waals surface area contributed by atoms with E-state index in [4.69, 9.17) is 0 Å². The summed E-state index contributed by atoms with van der Waals surface area (Å²) in [6.07, 6.45) is 9.04. The van der Waals surface area contributed by atoms with Gasteiger partial charge < -0.3 is 0 Å². The van der Waals surface area contributed by atoms with Gasteiger partial charge in [-0.3, -0.25) is 0 Å². The van der Waals surface area contributed by atoms with Crippen LogP contribution in [0.4, 0.5) is 0 Å². The standard InChI is InChI=1S/C10H14/c1-2-9-5-7(1)6-10(9)8-3-4-8/h7,9H,1-6H2. The fraction of sp³-hybridized carbons (Fsp3) is 0.800. The fourth-order valence-electron chi connectivity index (χ4n) is 2.87. The monoisotopic (exact) mass is 134 g/mol. The summed E-state index contributed by atoms with van der Waals surface area (Å²) in [5.41, 5.74) is 3.77. The number of allylic oxidation sites excluding steroid dienone is 2. The molecule has 2 atom stereocenters. The second kappa shape index (κ2) is 1.66. The van der Waals surface area contributed by atoms with Gasteiger partial charge in [0.1, 0.15) is 0 Å². The molecule has 54 valence electrons. The van der Waals surface area contributed by atoms with Gasteiger partial charge in [-0.1, -0.05) is 11.1 Å². The number of rotatable bonds is 0. The van der Waals surface area contributed by atoms with Crippen LogP contribution in [0.15, 0.2) is 11.1 Å². The molecule has 0 aromatic rings. The first-order chi connectivity index (χ1) is 4.93. The van der Waals surface area contributed by atoms with Gasteiger partial charge in [0.15, 0.2) is 0 Å². The Morgan fingerprint density at radius 1 is 1.10 bits per heavy atom. The lowest BCUT2D eigenvalue weighted by atomic mass is 9.94. The molecule has 3 aliphatic rings. The number of hydrogen-bond donors (Lipinski definition) is 0. The Balaban J connectivity index is 1.96. The van der Waals surface area contributed by atoms with Crippen LogP contribution in [0.2, 0.25) is 0 Å². The highest BCUT2D eigenvalue weighted by atomic mass is 14.4. The molecule has 0 radical (unpaired) electrons. The molecule has 0 amide bonds. The van der Waals surface area contributed by atoms with Crippen molar-refractivity contribution in [2.24, 2.45) is 11.8 Å². The summed E-state index contributed by atoms with van der Waals surface area (Å²) in [6.45, 7) is 0. The highest BCUT2D eigenvalue weighted by Crippen LogP contribution is 2.52. The van der Waals surface area contributed by atoms with E-state index in [0.717, 1.165) is 11.8 Å². The zero-order chi connectivity index (χ0) is 6.55. The van der Waals surface area contributed by atoms with Crippen LogP contribution in [0.25, 0.3) is 0 Å². The molecule has 3 aliphatic carbocycles. The summed E-state index contributed by atoms with van der Waals surface area (Å²) < 4.78 is 0. The fourth-order valence-corrected chi connectivity index (χ4v) is 2.87. The summed E-state index contributed by atoms with van der Waals surface area (Å²) >= 11 is 0. The maximum atomic E-state index is 1.91. The first kappa shape index (κ1) is 5.40. The number of hydrogen-bond acceptors (Lipinski definition) is 0. The van der Waals surface area contributed by atoms with Crippen LogP contribution in [-0.4, -0.2) is 0 Å². The van der Waals surface area contributed by atoms with Crippen molar-refractivity contribution < 1.29 is 0 Å². The van der Waals surface area contributed by atoms with E-state index in [9.17, 15) is 0 Å². The van der Waals surface area contributed by atoms with Gasteiger partial charge in [-0.05, 0) is 50.4 Å². The van der Waals surface area contributed by atoms with Crippen LogP contribution in [0.1, 0.15) is 38.5 Å². The van der Waals surface area contributed by atoms with Crippen LogP contribution in [0.5, 0.6) is 0 Å². The minimum absolute atomic E-state index is 1.07. The summed E-state index contributed by atoms with van der Waals surface area (Å²) in [4.78, 5) is 0. The van der Waals surface area contributed by atoms with Crippen LogP contribution < -0.4 is 0 Å². The molecule has 0 saturated heterocycles. The van der Waals surface area contributed by atoms with Crippen LogP contribution in [0, 0.1) is 11.8 Å². The van der Waals surface area contributed by atoms with Crippen molar-refractivity contribution in [1.82, 2.24) is 0 Å². The van der Waals surface area contributed by atoms with E-state index in [-0.39, 0.29) is 0 Å². The third kappa shape index (κ3) is 0.624. The lowest BCUT2D eigenvalue weighted by molar-refractivity contribution is 0.559. The molecule has 0 aromatic heterocycles. The van der Waals surface area contributed by atoms with Gasteiger partial charge >= 0.3 is 0 Å². The maximum Gasteiger partial charge on any atom is -0.0198 e. The van der Waals surface area contributed by atoms with Gasteiger partial charge in [-0.2, -0.15) is 0 Å². The molecule has 0 heterocycles. The van der Waals surface area contributed by atoms with Gasteiger partial charge in [0.2, 0.25) is 0 Å². The largest absolute Gasteiger partial charge is 0.0701 e. The van der Waals surface area contributed by atoms with Crippen molar-refractivity contribution in [3.05, 3.63) is 11.1 Å². The lowest BCUT2D eigenvalue weighted by Crippen LogP contribution is -1.97. The average Bonchev–Trinajstić information content (AvgIpc) is 2.60. The Morgan fingerprint density at radius 3 is 2.50 bits per heavy atom. The zero-order valence-electron chi connectivity index (χ0n) is 6.40. The van der Waals surface area contributed by atoms with Crippen molar-refractivity contribution in [3.8, 4) is 0 Å². The van der Waals surface area contributed by atoms with E-state index < -0.39 is 0 Å². The second-order valence-corrected chi connectivity index (χ2v) is 4.21. The van der Waals surface area contributed by atoms with Gasteiger partial charge in [0.05, 0.1) is 0 Å². The van der Waals surface area contributed by atoms with Crippen molar-refractivity contribution in [1.29, 1.82) is 0 Å². The minimum atomic E-state index is 1.07. The summed E-state index contributed by atoms with van der Waals surface area (Å²) in [7, 11) is 0. The normalized spacial score (nSPS) is 43.2. The molecule has 3 fully saturated rings. The number of fused-ring (bicyclic) bond motifs is 2. The molecular formula is C10H14. The van der Waals surface area contributed by atoms with E-state index in [0.29, 0.717) is 0 Å². The molecule has 0 nitrogen and oxygen atoms in total. The maximum absolute atomic E-state index is 1.91. The first-order valence-corrected chi connectivity index (χ1v) is 4.64. The summed E-state index contributed by atoms with van der Waals surface area (Å²) in [6, 6.07) is 0. The molecule has 10 heavy (non-hydrogen) atoms. The highest BCUT2D eigenvalue weighted by Gasteiger charge is 2.38. The van der Waals surface area contributed by atoms with Crippen LogP contribution in [0.3, 0.4) is 0 Å². The summed E-state index contributed by atoms with van der Waals surface area (Å²) in [5.74, 6) is 2.19. The molecule has 0 N–H and O–H groups in total. The van der Waals surface area contributed by atoms with Crippen LogP contribution >= 0.6 is 0 Å². The highest BCUT2D eigenvalue weighted by molar-refractivity contribution is 5.31. The van der Waals surface area contributed by atoms with E-state index in [1.807, 2.05) is 11.1 Å². The lowest BCUT2D eigenvalue weighted by Gasteiger charge is -2.12. The molecule has 3 rings (SSSR count). The predicted octanol–water partition coefficient (Wildman–Crippen LogP) is 2.90. The van der Waals surface area contributed by atoms with Crippen LogP contribution in [-0.2, 0) is 0 Å². The molecule has 2 unspecified atom stereocenters. The molecule has 2 bridgehead atoms. The van der Waals surface area contributed by atoms with Gasteiger partial charge in [0.25, 0.3) is 0 Å². The van der Waals surface area contributed by atoms with Crippen molar-refractivity contribution in [2.75, 3.05) is 0 Å².